The van der Waals surface area contributed by atoms with Crippen molar-refractivity contribution in [2.24, 2.45) is 0 Å². The summed E-state index contributed by atoms with van der Waals surface area (Å²) in [7, 11) is -4.10. The molecule has 1 unspecified atom stereocenters. The molecule has 3 rings (SSSR count). The molecule has 0 aromatic heterocycles. The van der Waals surface area contributed by atoms with Crippen LogP contribution in [0.15, 0.2) is 23.1 Å². The predicted octanol–water partition coefficient (Wildman–Crippen LogP) is 0.938. The van der Waals surface area contributed by atoms with Crippen LogP contribution in [0.3, 0.4) is 0 Å². The maximum absolute atomic E-state index is 13.8. The molecule has 0 bridgehead atoms. The van der Waals surface area contributed by atoms with E-state index in [0.29, 0.717) is 19.2 Å². The molecule has 138 valence electrons. The molecule has 2 aliphatic rings. The van der Waals surface area contributed by atoms with Crippen molar-refractivity contribution in [3.63, 3.8) is 0 Å². The summed E-state index contributed by atoms with van der Waals surface area (Å²) >= 11 is 0. The van der Waals surface area contributed by atoms with Gasteiger partial charge in [-0.15, -0.1) is 0 Å². The minimum absolute atomic E-state index is 0.0602. The van der Waals surface area contributed by atoms with E-state index in [1.807, 2.05) is 4.90 Å². The van der Waals surface area contributed by atoms with Gasteiger partial charge in [-0.2, -0.15) is 4.31 Å². The first-order valence-corrected chi connectivity index (χ1v) is 9.72. The van der Waals surface area contributed by atoms with Gasteiger partial charge in [0.1, 0.15) is 16.5 Å². The second-order valence-electron chi connectivity index (χ2n) is 6.47. The molecule has 1 aliphatic heterocycles. The van der Waals surface area contributed by atoms with Crippen molar-refractivity contribution in [2.75, 3.05) is 26.2 Å². The maximum atomic E-state index is 13.8. The second kappa shape index (κ2) is 6.97. The first-order valence-electron chi connectivity index (χ1n) is 8.28. The number of sulfonamides is 1. The number of hydrogen-bond donors (Lipinski definition) is 1. The summed E-state index contributed by atoms with van der Waals surface area (Å²) in [6.07, 6.45) is 2.01. The molecule has 1 saturated heterocycles. The third-order valence-electron chi connectivity index (χ3n) is 4.64. The van der Waals surface area contributed by atoms with E-state index >= 15 is 0 Å². The minimum Gasteiger partial charge on any atom is -0.352 e. The number of carbonyl (C=O) groups is 1. The lowest BCUT2D eigenvalue weighted by Crippen LogP contribution is -2.55. The van der Waals surface area contributed by atoms with Crippen molar-refractivity contribution < 1.29 is 22.0 Å². The lowest BCUT2D eigenvalue weighted by molar-refractivity contribution is -0.126. The number of amides is 1. The Kier molecular flexibility index (Phi) is 5.08. The number of hydrogen-bond acceptors (Lipinski definition) is 4. The second-order valence-corrected chi connectivity index (χ2v) is 8.38. The van der Waals surface area contributed by atoms with Crippen molar-refractivity contribution in [1.82, 2.24) is 14.5 Å². The van der Waals surface area contributed by atoms with Gasteiger partial charge >= 0.3 is 0 Å². The molecular formula is C16H21F2N3O3S. The van der Waals surface area contributed by atoms with Crippen LogP contribution in [-0.2, 0) is 14.8 Å². The Labute approximate surface area is 145 Å². The molecule has 6 nitrogen and oxygen atoms in total. The first-order chi connectivity index (χ1) is 11.8. The topological polar surface area (TPSA) is 69.7 Å². The zero-order valence-corrected chi connectivity index (χ0v) is 14.7. The van der Waals surface area contributed by atoms with E-state index in [1.54, 1.807) is 6.92 Å². The van der Waals surface area contributed by atoms with Crippen LogP contribution in [0.5, 0.6) is 0 Å². The Morgan fingerprint density at radius 1 is 1.20 bits per heavy atom. The van der Waals surface area contributed by atoms with Crippen molar-refractivity contribution >= 4 is 15.9 Å². The lowest BCUT2D eigenvalue weighted by atomic mass is 10.2. The van der Waals surface area contributed by atoms with E-state index in [1.165, 1.54) is 0 Å². The number of nitrogens with one attached hydrogen (secondary N) is 1. The molecule has 9 heteroatoms. The standard InChI is InChI=1S/C16H21F2N3O3S/c1-11(16(22)19-13-3-4-13)20-6-8-21(9-7-20)25(23,24)15-10-12(17)2-5-14(15)18/h2,5,10-11,13H,3-4,6-9H2,1H3,(H,19,22). The normalized spacial score (nSPS) is 21.1. The van der Waals surface area contributed by atoms with Gasteiger partial charge in [0.2, 0.25) is 15.9 Å². The van der Waals surface area contributed by atoms with Gasteiger partial charge in [-0.05, 0) is 38.0 Å². The van der Waals surface area contributed by atoms with Crippen LogP contribution in [0.25, 0.3) is 0 Å². The van der Waals surface area contributed by atoms with Crippen LogP contribution in [-0.4, -0.2) is 61.8 Å². The van der Waals surface area contributed by atoms with Gasteiger partial charge in [0.25, 0.3) is 0 Å². The monoisotopic (exact) mass is 373 g/mol. The molecule has 1 N–H and O–H groups in total. The summed E-state index contributed by atoms with van der Waals surface area (Å²) in [5.74, 6) is -1.83. The number of rotatable bonds is 5. The molecule has 1 saturated carbocycles. The van der Waals surface area contributed by atoms with Crippen molar-refractivity contribution in [1.29, 1.82) is 0 Å². The highest BCUT2D eigenvalue weighted by atomic mass is 32.2. The average Bonchev–Trinajstić information content (AvgIpc) is 3.40. The Morgan fingerprint density at radius 3 is 2.44 bits per heavy atom. The van der Waals surface area contributed by atoms with Crippen LogP contribution in [0, 0.1) is 11.6 Å². The first kappa shape index (κ1) is 18.2. The number of benzene rings is 1. The zero-order chi connectivity index (χ0) is 18.2. The molecule has 25 heavy (non-hydrogen) atoms. The minimum atomic E-state index is -4.10. The Hall–Kier alpha value is -1.58. The van der Waals surface area contributed by atoms with E-state index in [4.69, 9.17) is 0 Å². The summed E-state index contributed by atoms with van der Waals surface area (Å²) in [5, 5.41) is 2.93. The van der Waals surface area contributed by atoms with Crippen LogP contribution in [0.1, 0.15) is 19.8 Å². The van der Waals surface area contributed by atoms with Crippen LogP contribution in [0.2, 0.25) is 0 Å². The predicted molar refractivity (Wildman–Crippen MR) is 87.3 cm³/mol. The SMILES string of the molecule is CC(C(=O)NC1CC1)N1CCN(S(=O)(=O)c2cc(F)ccc2F)CC1. The molecule has 1 aromatic rings. The lowest BCUT2D eigenvalue weighted by Gasteiger charge is -2.36. The largest absolute Gasteiger partial charge is 0.352 e. The van der Waals surface area contributed by atoms with Crippen LogP contribution >= 0.6 is 0 Å². The average molecular weight is 373 g/mol. The van der Waals surface area contributed by atoms with Gasteiger partial charge in [0.05, 0.1) is 6.04 Å². The Morgan fingerprint density at radius 2 is 1.84 bits per heavy atom. The fourth-order valence-corrected chi connectivity index (χ4v) is 4.36. The van der Waals surface area contributed by atoms with Crippen molar-refractivity contribution in [3.8, 4) is 0 Å². The van der Waals surface area contributed by atoms with E-state index in [-0.39, 0.29) is 31.1 Å². The number of carbonyl (C=O) groups excluding carboxylic acids is 1. The van der Waals surface area contributed by atoms with Gasteiger partial charge in [0, 0.05) is 32.2 Å². The number of piperazine rings is 1. The summed E-state index contributed by atoms with van der Waals surface area (Å²) in [4.78, 5) is 13.3. The molecule has 0 radical (unpaired) electrons. The quantitative estimate of drug-likeness (QED) is 0.834. The molecule has 2 fully saturated rings. The Balaban J connectivity index is 1.64. The molecular weight excluding hydrogens is 352 g/mol. The number of nitrogens with zero attached hydrogens (tertiary/aromatic N) is 2. The van der Waals surface area contributed by atoms with Crippen molar-refractivity contribution in [2.45, 2.75) is 36.7 Å². The summed E-state index contributed by atoms with van der Waals surface area (Å²) in [6.45, 7) is 2.75. The van der Waals surface area contributed by atoms with Gasteiger partial charge in [-0.25, -0.2) is 17.2 Å². The summed E-state index contributed by atoms with van der Waals surface area (Å²) in [5.41, 5.74) is 0. The molecule has 1 aliphatic carbocycles. The molecule has 1 amide bonds. The van der Waals surface area contributed by atoms with E-state index in [2.05, 4.69) is 5.32 Å². The van der Waals surface area contributed by atoms with E-state index < -0.39 is 26.6 Å². The fraction of sp³-hybridized carbons (Fsp3) is 0.562. The maximum Gasteiger partial charge on any atom is 0.246 e. The van der Waals surface area contributed by atoms with E-state index in [9.17, 15) is 22.0 Å². The summed E-state index contributed by atoms with van der Waals surface area (Å²) in [6, 6.07) is 2.31. The molecule has 1 atom stereocenters. The highest BCUT2D eigenvalue weighted by molar-refractivity contribution is 7.89. The summed E-state index contributed by atoms with van der Waals surface area (Å²) < 4.78 is 53.4. The van der Waals surface area contributed by atoms with Gasteiger partial charge in [-0.3, -0.25) is 9.69 Å². The fourth-order valence-electron chi connectivity index (χ4n) is 2.86. The highest BCUT2D eigenvalue weighted by Gasteiger charge is 2.34. The third kappa shape index (κ3) is 3.99. The van der Waals surface area contributed by atoms with Crippen molar-refractivity contribution in [3.05, 3.63) is 29.8 Å². The highest BCUT2D eigenvalue weighted by Crippen LogP contribution is 2.23. The van der Waals surface area contributed by atoms with Gasteiger partial charge in [0.15, 0.2) is 0 Å². The molecule has 1 heterocycles. The van der Waals surface area contributed by atoms with Gasteiger partial charge < -0.3 is 5.32 Å². The Bertz CT molecular complexity index is 760. The zero-order valence-electron chi connectivity index (χ0n) is 13.9. The van der Waals surface area contributed by atoms with Crippen LogP contribution in [0.4, 0.5) is 8.78 Å². The smallest absolute Gasteiger partial charge is 0.246 e. The molecule has 1 aromatic carbocycles. The van der Waals surface area contributed by atoms with Crippen LogP contribution < -0.4 is 5.32 Å². The number of halogens is 2. The molecule has 0 spiro atoms. The van der Waals surface area contributed by atoms with E-state index in [0.717, 1.165) is 29.3 Å². The van der Waals surface area contributed by atoms with Gasteiger partial charge in [-0.1, -0.05) is 0 Å². The third-order valence-corrected chi connectivity index (χ3v) is 6.55.